The average molecular weight is 454 g/mol. The van der Waals surface area contributed by atoms with Crippen LogP contribution in [0.1, 0.15) is 44.9 Å². The summed E-state index contributed by atoms with van der Waals surface area (Å²) in [4.78, 5) is 13.2. The summed E-state index contributed by atoms with van der Waals surface area (Å²) in [5, 5.41) is 6.55. The molecule has 1 aliphatic carbocycles. The van der Waals surface area contributed by atoms with Gasteiger partial charge in [0.25, 0.3) is 0 Å². The minimum absolute atomic E-state index is 0.140. The van der Waals surface area contributed by atoms with Gasteiger partial charge in [-0.15, -0.1) is 11.3 Å². The number of hydrogen-bond acceptors (Lipinski definition) is 4. The van der Waals surface area contributed by atoms with Gasteiger partial charge in [-0.1, -0.05) is 0 Å². The van der Waals surface area contributed by atoms with Crippen molar-refractivity contribution in [2.45, 2.75) is 64.3 Å². The predicted molar refractivity (Wildman–Crippen MR) is 97.4 cm³/mol. The largest absolute Gasteiger partial charge is 0.444 e. The molecule has 0 saturated heterocycles. The molecule has 0 spiro atoms. The minimum atomic E-state index is -0.457. The molecule has 22 heavy (non-hydrogen) atoms. The SMILES string of the molecule is CC(C)(C)OC(=O)NC1CCCC1NCc1cc(Br)c(Br)s1. The summed E-state index contributed by atoms with van der Waals surface area (Å²) in [6.07, 6.45) is 2.87. The molecule has 1 amide bonds. The van der Waals surface area contributed by atoms with Crippen molar-refractivity contribution in [3.63, 3.8) is 0 Å². The highest BCUT2D eigenvalue weighted by Gasteiger charge is 2.29. The minimum Gasteiger partial charge on any atom is -0.444 e. The van der Waals surface area contributed by atoms with Crippen LogP contribution in [0.15, 0.2) is 14.3 Å². The Bertz CT molecular complexity index is 509. The molecule has 2 unspecified atom stereocenters. The number of carbonyl (C=O) groups is 1. The summed E-state index contributed by atoms with van der Waals surface area (Å²) in [5.74, 6) is 0. The van der Waals surface area contributed by atoms with Gasteiger partial charge >= 0.3 is 6.09 Å². The van der Waals surface area contributed by atoms with Crippen LogP contribution in [-0.2, 0) is 11.3 Å². The molecule has 1 heterocycles. The number of alkyl carbamates (subject to hydrolysis) is 1. The Hall–Kier alpha value is -0.110. The molecule has 0 aromatic carbocycles. The Morgan fingerprint density at radius 2 is 2.05 bits per heavy atom. The van der Waals surface area contributed by atoms with E-state index in [1.165, 1.54) is 4.88 Å². The predicted octanol–water partition coefficient (Wildman–Crippen LogP) is 4.81. The summed E-state index contributed by atoms with van der Waals surface area (Å²) in [6.45, 7) is 6.45. The molecule has 124 valence electrons. The van der Waals surface area contributed by atoms with E-state index in [4.69, 9.17) is 4.74 Å². The number of amides is 1. The third-order valence-electron chi connectivity index (χ3n) is 3.45. The summed E-state index contributed by atoms with van der Waals surface area (Å²) in [6, 6.07) is 2.56. The highest BCUT2D eigenvalue weighted by molar-refractivity contribution is 9.13. The highest BCUT2D eigenvalue weighted by Crippen LogP contribution is 2.32. The van der Waals surface area contributed by atoms with Crippen molar-refractivity contribution < 1.29 is 9.53 Å². The zero-order chi connectivity index (χ0) is 16.3. The van der Waals surface area contributed by atoms with Crippen LogP contribution in [0.2, 0.25) is 0 Å². The fraction of sp³-hybridized carbons (Fsp3) is 0.667. The van der Waals surface area contributed by atoms with Gasteiger partial charge in [0.15, 0.2) is 0 Å². The normalized spacial score (nSPS) is 21.9. The Balaban J connectivity index is 1.84. The van der Waals surface area contributed by atoms with Crippen molar-refractivity contribution in [1.82, 2.24) is 10.6 Å². The van der Waals surface area contributed by atoms with Crippen LogP contribution in [-0.4, -0.2) is 23.8 Å². The van der Waals surface area contributed by atoms with E-state index in [0.29, 0.717) is 6.04 Å². The van der Waals surface area contributed by atoms with Crippen LogP contribution in [0.3, 0.4) is 0 Å². The lowest BCUT2D eigenvalue weighted by Gasteiger charge is -2.25. The number of halogens is 2. The van der Waals surface area contributed by atoms with Gasteiger partial charge in [0.2, 0.25) is 0 Å². The molecule has 2 N–H and O–H groups in total. The molecule has 0 bridgehead atoms. The lowest BCUT2D eigenvalue weighted by molar-refractivity contribution is 0.0498. The van der Waals surface area contributed by atoms with Crippen molar-refractivity contribution >= 4 is 49.3 Å². The first-order valence-electron chi connectivity index (χ1n) is 7.41. The number of carbonyl (C=O) groups excluding carboxylic acids is 1. The monoisotopic (exact) mass is 452 g/mol. The third kappa shape index (κ3) is 5.51. The van der Waals surface area contributed by atoms with E-state index in [-0.39, 0.29) is 12.1 Å². The third-order valence-corrected chi connectivity index (χ3v) is 6.71. The number of rotatable bonds is 4. The van der Waals surface area contributed by atoms with Gasteiger partial charge in [0.05, 0.1) is 3.79 Å². The van der Waals surface area contributed by atoms with E-state index < -0.39 is 5.60 Å². The van der Waals surface area contributed by atoms with Crippen molar-refractivity contribution in [2.24, 2.45) is 0 Å². The molecule has 1 aromatic heterocycles. The fourth-order valence-electron chi connectivity index (χ4n) is 2.55. The van der Waals surface area contributed by atoms with Gasteiger partial charge in [0, 0.05) is 28.0 Å². The molecule has 2 rings (SSSR count). The second-order valence-electron chi connectivity index (χ2n) is 6.51. The second-order valence-corrected chi connectivity index (χ2v) is 9.81. The smallest absolute Gasteiger partial charge is 0.407 e. The van der Waals surface area contributed by atoms with E-state index >= 15 is 0 Å². The molecular formula is C15H22Br2N2O2S. The molecule has 0 radical (unpaired) electrons. The average Bonchev–Trinajstić information content (AvgIpc) is 2.92. The summed E-state index contributed by atoms with van der Waals surface area (Å²) in [7, 11) is 0. The molecule has 1 aliphatic rings. The van der Waals surface area contributed by atoms with E-state index in [2.05, 4.69) is 48.6 Å². The lowest BCUT2D eigenvalue weighted by Crippen LogP contribution is -2.47. The zero-order valence-corrected chi connectivity index (χ0v) is 17.0. The number of thiophene rings is 1. The number of ether oxygens (including phenoxy) is 1. The van der Waals surface area contributed by atoms with Crippen LogP contribution in [0.25, 0.3) is 0 Å². The standard InChI is InChI=1S/C15H22Br2N2O2S/c1-15(2,3)21-14(20)19-12-6-4-5-11(12)18-8-9-7-10(16)13(17)22-9/h7,11-12,18H,4-6,8H2,1-3H3,(H,19,20). The molecule has 1 saturated carbocycles. The first-order valence-corrected chi connectivity index (χ1v) is 9.81. The molecule has 0 aliphatic heterocycles. The summed E-state index contributed by atoms with van der Waals surface area (Å²) >= 11 is 8.73. The van der Waals surface area contributed by atoms with Crippen molar-refractivity contribution in [2.75, 3.05) is 0 Å². The second kappa shape index (κ2) is 7.64. The highest BCUT2D eigenvalue weighted by atomic mass is 79.9. The Morgan fingerprint density at radius 1 is 1.36 bits per heavy atom. The van der Waals surface area contributed by atoms with E-state index in [1.54, 1.807) is 11.3 Å². The Morgan fingerprint density at radius 3 is 2.64 bits per heavy atom. The molecule has 1 fully saturated rings. The van der Waals surface area contributed by atoms with Crippen molar-refractivity contribution in [3.05, 3.63) is 19.2 Å². The molecule has 7 heteroatoms. The first-order chi connectivity index (χ1) is 10.2. The van der Waals surface area contributed by atoms with Crippen LogP contribution in [0.5, 0.6) is 0 Å². The maximum absolute atomic E-state index is 11.9. The Labute approximate surface area is 152 Å². The van der Waals surface area contributed by atoms with Gasteiger partial charge in [-0.2, -0.15) is 0 Å². The van der Waals surface area contributed by atoms with Crippen LogP contribution in [0.4, 0.5) is 4.79 Å². The quantitative estimate of drug-likeness (QED) is 0.687. The fourth-order valence-corrected chi connectivity index (χ4v) is 4.67. The maximum Gasteiger partial charge on any atom is 0.407 e. The zero-order valence-electron chi connectivity index (χ0n) is 13.0. The van der Waals surface area contributed by atoms with Gasteiger partial charge < -0.3 is 15.4 Å². The van der Waals surface area contributed by atoms with Gasteiger partial charge in [0.1, 0.15) is 5.60 Å². The van der Waals surface area contributed by atoms with Crippen LogP contribution in [0, 0.1) is 0 Å². The van der Waals surface area contributed by atoms with E-state index in [1.807, 2.05) is 20.8 Å². The van der Waals surface area contributed by atoms with E-state index in [9.17, 15) is 4.79 Å². The molecule has 1 aromatic rings. The molecular weight excluding hydrogens is 432 g/mol. The number of nitrogens with one attached hydrogen (secondary N) is 2. The Kier molecular flexibility index (Phi) is 6.33. The van der Waals surface area contributed by atoms with Gasteiger partial charge in [-0.25, -0.2) is 4.79 Å². The van der Waals surface area contributed by atoms with Crippen LogP contribution < -0.4 is 10.6 Å². The molecule has 4 nitrogen and oxygen atoms in total. The lowest BCUT2D eigenvalue weighted by atomic mass is 10.1. The maximum atomic E-state index is 11.9. The molecule has 2 atom stereocenters. The van der Waals surface area contributed by atoms with Crippen molar-refractivity contribution in [3.8, 4) is 0 Å². The topological polar surface area (TPSA) is 50.4 Å². The van der Waals surface area contributed by atoms with Crippen molar-refractivity contribution in [1.29, 1.82) is 0 Å². The van der Waals surface area contributed by atoms with Gasteiger partial charge in [-0.05, 0) is 78.0 Å². The van der Waals surface area contributed by atoms with E-state index in [0.717, 1.165) is 34.1 Å². The first kappa shape index (κ1) is 18.2. The number of hydrogen-bond donors (Lipinski definition) is 2. The summed E-state index contributed by atoms with van der Waals surface area (Å²) in [5.41, 5.74) is -0.457. The summed E-state index contributed by atoms with van der Waals surface area (Å²) < 4.78 is 7.54. The van der Waals surface area contributed by atoms with Crippen LogP contribution >= 0.6 is 43.2 Å². The van der Waals surface area contributed by atoms with Gasteiger partial charge in [-0.3, -0.25) is 0 Å².